The molecule has 0 saturated heterocycles. The van der Waals surface area contributed by atoms with Crippen molar-refractivity contribution in [3.8, 4) is 0 Å². The molecule has 0 aliphatic heterocycles. The average molecular weight is 170 g/mol. The van der Waals surface area contributed by atoms with E-state index in [0.29, 0.717) is 0 Å². The van der Waals surface area contributed by atoms with Crippen molar-refractivity contribution in [1.82, 2.24) is 0 Å². The van der Waals surface area contributed by atoms with Crippen LogP contribution in [0.2, 0.25) is 0 Å². The first-order chi connectivity index (χ1) is 5.67. The van der Waals surface area contributed by atoms with Crippen molar-refractivity contribution >= 4 is 0 Å². The molecule has 1 N–H and O–H groups in total. The summed E-state index contributed by atoms with van der Waals surface area (Å²) in [6.07, 6.45) is 4.46. The first-order valence-electron chi connectivity index (χ1n) is 4.58. The van der Waals surface area contributed by atoms with E-state index in [0.717, 1.165) is 19.3 Å². The summed E-state index contributed by atoms with van der Waals surface area (Å²) in [6, 6.07) is 0. The van der Waals surface area contributed by atoms with Gasteiger partial charge in [0.15, 0.2) is 0 Å². The van der Waals surface area contributed by atoms with Crippen LogP contribution in [0, 0.1) is 0 Å². The fourth-order valence-electron chi connectivity index (χ4n) is 2.08. The Morgan fingerprint density at radius 2 is 2.42 bits per heavy atom. The summed E-state index contributed by atoms with van der Waals surface area (Å²) in [6.45, 7) is 4.09. The van der Waals surface area contributed by atoms with Crippen LogP contribution >= 0.6 is 0 Å². The molecule has 0 fully saturated rings. The van der Waals surface area contributed by atoms with Gasteiger partial charge in [-0.2, -0.15) is 0 Å². The van der Waals surface area contributed by atoms with Crippen LogP contribution in [-0.4, -0.2) is 23.9 Å². The zero-order valence-electron chi connectivity index (χ0n) is 8.13. The molecule has 0 radical (unpaired) electrons. The van der Waals surface area contributed by atoms with E-state index in [2.05, 4.69) is 13.0 Å². The number of allylic oxidation sites excluding steroid dienone is 1. The fraction of sp³-hybridized carbons (Fsp3) is 0.800. The molecular formula is C10H18O2. The number of rotatable bonds is 2. The smallest absolute Gasteiger partial charge is 0.114 e. The highest BCUT2D eigenvalue weighted by molar-refractivity contribution is 5.20. The third-order valence-corrected chi connectivity index (χ3v) is 2.99. The largest absolute Gasteiger partial charge is 0.390 e. The molecule has 70 valence electrons. The lowest BCUT2D eigenvalue weighted by molar-refractivity contribution is -0.0859. The van der Waals surface area contributed by atoms with E-state index in [1.54, 1.807) is 7.11 Å². The lowest BCUT2D eigenvalue weighted by atomic mass is 9.79. The van der Waals surface area contributed by atoms with Gasteiger partial charge in [-0.15, -0.1) is 0 Å². The van der Waals surface area contributed by atoms with Gasteiger partial charge >= 0.3 is 0 Å². The quantitative estimate of drug-likeness (QED) is 0.641. The maximum absolute atomic E-state index is 9.82. The highest BCUT2D eigenvalue weighted by atomic mass is 16.5. The van der Waals surface area contributed by atoms with Crippen molar-refractivity contribution in [2.24, 2.45) is 0 Å². The standard InChI is InChI=1S/C10H18O2/c1-4-10(12-3)8(2)6-5-7-9(10)11/h6,9,11H,4-5,7H2,1-3H3. The molecule has 0 saturated carbocycles. The Morgan fingerprint density at radius 3 is 2.75 bits per heavy atom. The molecule has 2 heteroatoms. The molecule has 12 heavy (non-hydrogen) atoms. The second kappa shape index (κ2) is 3.58. The second-order valence-electron chi connectivity index (χ2n) is 3.43. The lowest BCUT2D eigenvalue weighted by Gasteiger charge is -2.39. The molecule has 0 aromatic rings. The SMILES string of the molecule is CCC1(OC)C(C)=CCCC1O. The predicted octanol–water partition coefficient (Wildman–Crippen LogP) is 1.88. The van der Waals surface area contributed by atoms with Crippen molar-refractivity contribution in [1.29, 1.82) is 0 Å². The van der Waals surface area contributed by atoms with Crippen LogP contribution in [-0.2, 0) is 4.74 Å². The number of aliphatic hydroxyl groups is 1. The van der Waals surface area contributed by atoms with E-state index in [1.165, 1.54) is 5.57 Å². The molecule has 2 unspecified atom stereocenters. The molecule has 0 aromatic heterocycles. The number of hydrogen-bond donors (Lipinski definition) is 1. The van der Waals surface area contributed by atoms with Gasteiger partial charge in [-0.05, 0) is 31.8 Å². The third-order valence-electron chi connectivity index (χ3n) is 2.99. The van der Waals surface area contributed by atoms with Crippen LogP contribution in [0.15, 0.2) is 11.6 Å². The summed E-state index contributed by atoms with van der Waals surface area (Å²) in [5.74, 6) is 0. The normalized spacial score (nSPS) is 36.3. The number of methoxy groups -OCH3 is 1. The summed E-state index contributed by atoms with van der Waals surface area (Å²) in [4.78, 5) is 0. The van der Waals surface area contributed by atoms with Crippen LogP contribution in [0.5, 0.6) is 0 Å². The Balaban J connectivity index is 2.93. The van der Waals surface area contributed by atoms with Gasteiger partial charge < -0.3 is 9.84 Å². The van der Waals surface area contributed by atoms with Crippen LogP contribution in [0.1, 0.15) is 33.1 Å². The van der Waals surface area contributed by atoms with Crippen molar-refractivity contribution in [2.45, 2.75) is 44.8 Å². The van der Waals surface area contributed by atoms with Crippen LogP contribution < -0.4 is 0 Å². The van der Waals surface area contributed by atoms with Gasteiger partial charge in [-0.1, -0.05) is 13.0 Å². The minimum absolute atomic E-state index is 0.336. The Kier molecular flexibility index (Phi) is 2.91. The molecule has 0 aromatic carbocycles. The maximum Gasteiger partial charge on any atom is 0.114 e. The Labute approximate surface area is 74.2 Å². The summed E-state index contributed by atoms with van der Waals surface area (Å²) < 4.78 is 5.43. The van der Waals surface area contributed by atoms with E-state index in [1.807, 2.05) is 6.92 Å². The van der Waals surface area contributed by atoms with E-state index < -0.39 is 5.60 Å². The fourth-order valence-corrected chi connectivity index (χ4v) is 2.08. The van der Waals surface area contributed by atoms with Crippen LogP contribution in [0.3, 0.4) is 0 Å². The minimum Gasteiger partial charge on any atom is -0.390 e. The lowest BCUT2D eigenvalue weighted by Crippen LogP contribution is -2.46. The molecule has 0 bridgehead atoms. The summed E-state index contributed by atoms with van der Waals surface area (Å²) in [5, 5.41) is 9.82. The van der Waals surface area contributed by atoms with Gasteiger partial charge in [0, 0.05) is 7.11 Å². The monoisotopic (exact) mass is 170 g/mol. The molecular weight excluding hydrogens is 152 g/mol. The molecule has 1 aliphatic carbocycles. The van der Waals surface area contributed by atoms with E-state index >= 15 is 0 Å². The van der Waals surface area contributed by atoms with Crippen LogP contribution in [0.25, 0.3) is 0 Å². The first kappa shape index (κ1) is 9.75. The van der Waals surface area contributed by atoms with Gasteiger partial charge in [0.05, 0.1) is 6.10 Å². The van der Waals surface area contributed by atoms with E-state index in [4.69, 9.17) is 4.74 Å². The van der Waals surface area contributed by atoms with Gasteiger partial charge in [0.2, 0.25) is 0 Å². The Hall–Kier alpha value is -0.340. The van der Waals surface area contributed by atoms with Crippen molar-refractivity contribution in [3.63, 3.8) is 0 Å². The number of aliphatic hydroxyl groups excluding tert-OH is 1. The van der Waals surface area contributed by atoms with Gasteiger partial charge in [0.25, 0.3) is 0 Å². The number of hydrogen-bond acceptors (Lipinski definition) is 2. The zero-order valence-corrected chi connectivity index (χ0v) is 8.13. The van der Waals surface area contributed by atoms with Crippen LogP contribution in [0.4, 0.5) is 0 Å². The topological polar surface area (TPSA) is 29.5 Å². The van der Waals surface area contributed by atoms with Gasteiger partial charge in [0.1, 0.15) is 5.60 Å². The maximum atomic E-state index is 9.82. The van der Waals surface area contributed by atoms with Crippen molar-refractivity contribution in [2.75, 3.05) is 7.11 Å². The van der Waals surface area contributed by atoms with E-state index in [-0.39, 0.29) is 6.10 Å². The average Bonchev–Trinajstić information content (AvgIpc) is 2.06. The van der Waals surface area contributed by atoms with E-state index in [9.17, 15) is 5.11 Å². The molecule has 0 heterocycles. The number of ether oxygens (including phenoxy) is 1. The first-order valence-corrected chi connectivity index (χ1v) is 4.58. The summed E-state index contributed by atoms with van der Waals surface area (Å²) in [5.41, 5.74) is 0.768. The molecule has 1 rings (SSSR count). The van der Waals surface area contributed by atoms with Gasteiger partial charge in [-0.3, -0.25) is 0 Å². The van der Waals surface area contributed by atoms with Gasteiger partial charge in [-0.25, -0.2) is 0 Å². The summed E-state index contributed by atoms with van der Waals surface area (Å²) in [7, 11) is 1.68. The highest BCUT2D eigenvalue weighted by Crippen LogP contribution is 2.34. The molecule has 0 amide bonds. The molecule has 2 nitrogen and oxygen atoms in total. The Morgan fingerprint density at radius 1 is 1.75 bits per heavy atom. The second-order valence-corrected chi connectivity index (χ2v) is 3.43. The van der Waals surface area contributed by atoms with Crippen molar-refractivity contribution < 1.29 is 9.84 Å². The highest BCUT2D eigenvalue weighted by Gasteiger charge is 2.39. The van der Waals surface area contributed by atoms with Crippen molar-refractivity contribution in [3.05, 3.63) is 11.6 Å². The molecule has 1 aliphatic rings. The zero-order chi connectivity index (χ0) is 9.19. The minimum atomic E-state index is -0.405. The molecule has 0 spiro atoms. The third kappa shape index (κ3) is 1.29. The predicted molar refractivity (Wildman–Crippen MR) is 49.0 cm³/mol. The summed E-state index contributed by atoms with van der Waals surface area (Å²) >= 11 is 0. The molecule has 2 atom stereocenters. The Bertz CT molecular complexity index is 180.